The first-order chi connectivity index (χ1) is 6.15. The van der Waals surface area contributed by atoms with Crippen molar-refractivity contribution in [1.29, 1.82) is 5.26 Å². The van der Waals surface area contributed by atoms with Crippen LogP contribution in [0.5, 0.6) is 0 Å². The van der Waals surface area contributed by atoms with Crippen LogP contribution in [0.3, 0.4) is 0 Å². The van der Waals surface area contributed by atoms with Gasteiger partial charge in [-0.25, -0.2) is 0 Å². The molecule has 0 bridgehead atoms. The maximum atomic E-state index is 8.57. The molecule has 1 aromatic carbocycles. The molecule has 1 rings (SSSR count). The van der Waals surface area contributed by atoms with Crippen LogP contribution in [0, 0.1) is 11.3 Å². The van der Waals surface area contributed by atoms with Gasteiger partial charge in [0.1, 0.15) is 11.1 Å². The Hall–Kier alpha value is -0.780. The van der Waals surface area contributed by atoms with E-state index in [1.807, 2.05) is 37.3 Å². The lowest BCUT2D eigenvalue weighted by atomic mass is 10.1. The van der Waals surface area contributed by atoms with Crippen molar-refractivity contribution in [3.63, 3.8) is 0 Å². The molecule has 0 heterocycles. The van der Waals surface area contributed by atoms with E-state index in [0.29, 0.717) is 0 Å². The number of allylic oxidation sites excluding steroid dienone is 2. The molecule has 66 valence electrons. The smallest absolute Gasteiger partial charge is 0.121 e. The van der Waals surface area contributed by atoms with Crippen molar-refractivity contribution < 1.29 is 0 Å². The van der Waals surface area contributed by atoms with Crippen molar-refractivity contribution in [2.45, 2.75) is 6.92 Å². The highest BCUT2D eigenvalue weighted by atomic mass is 79.9. The SMILES string of the molecule is C/C(=C(\Cl)C#N)c1ccc(Br)cc1. The highest BCUT2D eigenvalue weighted by molar-refractivity contribution is 9.10. The van der Waals surface area contributed by atoms with Crippen LogP contribution in [0.25, 0.3) is 5.57 Å². The summed E-state index contributed by atoms with van der Waals surface area (Å²) in [5.41, 5.74) is 1.77. The van der Waals surface area contributed by atoms with E-state index in [9.17, 15) is 0 Å². The summed E-state index contributed by atoms with van der Waals surface area (Å²) in [5, 5.41) is 8.81. The van der Waals surface area contributed by atoms with Crippen molar-refractivity contribution in [3.8, 4) is 6.07 Å². The van der Waals surface area contributed by atoms with Gasteiger partial charge >= 0.3 is 0 Å². The summed E-state index contributed by atoms with van der Waals surface area (Å²) >= 11 is 9.03. The number of hydrogen-bond donors (Lipinski definition) is 0. The molecule has 1 nitrogen and oxygen atoms in total. The lowest BCUT2D eigenvalue weighted by Crippen LogP contribution is -1.80. The van der Waals surface area contributed by atoms with Crippen molar-refractivity contribution >= 4 is 33.1 Å². The zero-order chi connectivity index (χ0) is 9.84. The van der Waals surface area contributed by atoms with E-state index in [2.05, 4.69) is 15.9 Å². The quantitative estimate of drug-likeness (QED) is 0.698. The Labute approximate surface area is 90.8 Å². The van der Waals surface area contributed by atoms with Crippen LogP contribution in [0.4, 0.5) is 0 Å². The predicted molar refractivity (Wildman–Crippen MR) is 58.2 cm³/mol. The Bertz CT molecular complexity index is 373. The molecule has 0 saturated carbocycles. The third-order valence-electron chi connectivity index (χ3n) is 1.70. The Balaban J connectivity index is 3.12. The van der Waals surface area contributed by atoms with E-state index in [1.165, 1.54) is 0 Å². The predicted octanol–water partition coefficient (Wildman–Crippen LogP) is 3.94. The zero-order valence-corrected chi connectivity index (χ0v) is 9.35. The van der Waals surface area contributed by atoms with Gasteiger partial charge in [-0.15, -0.1) is 0 Å². The topological polar surface area (TPSA) is 23.8 Å². The molecule has 3 heteroatoms. The minimum absolute atomic E-state index is 0.238. The number of nitrogens with zero attached hydrogens (tertiary/aromatic N) is 1. The fourth-order valence-corrected chi connectivity index (χ4v) is 1.28. The van der Waals surface area contributed by atoms with E-state index < -0.39 is 0 Å². The van der Waals surface area contributed by atoms with Gasteiger partial charge in [0.05, 0.1) is 0 Å². The van der Waals surface area contributed by atoms with E-state index in [4.69, 9.17) is 16.9 Å². The average Bonchev–Trinajstić information content (AvgIpc) is 2.17. The van der Waals surface area contributed by atoms with Crippen LogP contribution in [-0.4, -0.2) is 0 Å². The first-order valence-electron chi connectivity index (χ1n) is 3.67. The molecule has 0 unspecified atom stereocenters. The molecule has 0 atom stereocenters. The van der Waals surface area contributed by atoms with Crippen LogP contribution in [0.15, 0.2) is 33.8 Å². The van der Waals surface area contributed by atoms with Gasteiger partial charge in [0, 0.05) is 4.47 Å². The Morgan fingerprint density at radius 3 is 2.38 bits per heavy atom. The summed E-state index contributed by atoms with van der Waals surface area (Å²) in [6, 6.07) is 9.58. The van der Waals surface area contributed by atoms with Crippen LogP contribution in [-0.2, 0) is 0 Å². The molecule has 0 fully saturated rings. The second-order valence-corrected chi connectivity index (χ2v) is 3.85. The van der Waals surface area contributed by atoms with Crippen molar-refractivity contribution in [2.75, 3.05) is 0 Å². The van der Waals surface area contributed by atoms with E-state index in [-0.39, 0.29) is 5.03 Å². The number of hydrogen-bond acceptors (Lipinski definition) is 1. The van der Waals surface area contributed by atoms with Gasteiger partial charge in [0.15, 0.2) is 0 Å². The normalized spacial score (nSPS) is 11.8. The summed E-state index contributed by atoms with van der Waals surface area (Å²) in [7, 11) is 0. The molecule has 0 aliphatic rings. The maximum Gasteiger partial charge on any atom is 0.121 e. The van der Waals surface area contributed by atoms with Crippen LogP contribution < -0.4 is 0 Å². The van der Waals surface area contributed by atoms with Crippen molar-refractivity contribution in [3.05, 3.63) is 39.3 Å². The lowest BCUT2D eigenvalue weighted by Gasteiger charge is -2.00. The minimum Gasteiger partial charge on any atom is -0.191 e. The molecule has 0 spiro atoms. The fourth-order valence-electron chi connectivity index (χ4n) is 0.910. The largest absolute Gasteiger partial charge is 0.191 e. The molecule has 0 aromatic heterocycles. The molecular weight excluding hydrogens is 249 g/mol. The van der Waals surface area contributed by atoms with E-state index >= 15 is 0 Å². The average molecular weight is 257 g/mol. The first-order valence-corrected chi connectivity index (χ1v) is 4.84. The molecule has 13 heavy (non-hydrogen) atoms. The fraction of sp³-hybridized carbons (Fsp3) is 0.100. The van der Waals surface area contributed by atoms with Gasteiger partial charge in [-0.05, 0) is 30.2 Å². The molecule has 0 saturated heterocycles. The number of halogens is 2. The number of nitriles is 1. The Kier molecular flexibility index (Phi) is 3.53. The third-order valence-corrected chi connectivity index (χ3v) is 2.60. The van der Waals surface area contributed by atoms with Crippen LogP contribution in [0.2, 0.25) is 0 Å². The second kappa shape index (κ2) is 4.45. The van der Waals surface area contributed by atoms with Crippen LogP contribution >= 0.6 is 27.5 Å². The van der Waals surface area contributed by atoms with Gasteiger partial charge in [-0.2, -0.15) is 5.26 Å². The highest BCUT2D eigenvalue weighted by Crippen LogP contribution is 2.21. The van der Waals surface area contributed by atoms with Gasteiger partial charge in [0.25, 0.3) is 0 Å². The summed E-state index contributed by atoms with van der Waals surface area (Å²) in [6.07, 6.45) is 0. The molecule has 0 aliphatic carbocycles. The van der Waals surface area contributed by atoms with Gasteiger partial charge in [0.2, 0.25) is 0 Å². The van der Waals surface area contributed by atoms with Crippen molar-refractivity contribution in [1.82, 2.24) is 0 Å². The van der Waals surface area contributed by atoms with Crippen LogP contribution in [0.1, 0.15) is 12.5 Å². The first kappa shape index (κ1) is 10.3. The summed E-state index contributed by atoms with van der Waals surface area (Å²) < 4.78 is 1.01. The Morgan fingerprint density at radius 2 is 1.92 bits per heavy atom. The molecule has 0 aliphatic heterocycles. The Morgan fingerprint density at radius 1 is 1.38 bits per heavy atom. The van der Waals surface area contributed by atoms with Gasteiger partial charge in [-0.3, -0.25) is 0 Å². The van der Waals surface area contributed by atoms with Crippen molar-refractivity contribution in [2.24, 2.45) is 0 Å². The van der Waals surface area contributed by atoms with Gasteiger partial charge in [-0.1, -0.05) is 39.7 Å². The monoisotopic (exact) mass is 255 g/mol. The third kappa shape index (κ3) is 2.58. The maximum absolute atomic E-state index is 8.57. The zero-order valence-electron chi connectivity index (χ0n) is 7.01. The second-order valence-electron chi connectivity index (χ2n) is 2.56. The van der Waals surface area contributed by atoms with Gasteiger partial charge < -0.3 is 0 Å². The molecule has 0 N–H and O–H groups in total. The molecule has 1 aromatic rings. The summed E-state index contributed by atoms with van der Waals surface area (Å²) in [6.45, 7) is 1.83. The molecule has 0 radical (unpaired) electrons. The summed E-state index contributed by atoms with van der Waals surface area (Å²) in [5.74, 6) is 0. The molecule has 0 amide bonds. The van der Waals surface area contributed by atoms with E-state index in [1.54, 1.807) is 0 Å². The number of benzene rings is 1. The van der Waals surface area contributed by atoms with E-state index in [0.717, 1.165) is 15.6 Å². The summed E-state index contributed by atoms with van der Waals surface area (Å²) in [4.78, 5) is 0. The number of rotatable bonds is 1. The lowest BCUT2D eigenvalue weighted by molar-refractivity contribution is 1.50. The highest BCUT2D eigenvalue weighted by Gasteiger charge is 2.00. The standard InChI is InChI=1S/C10H7BrClN/c1-7(10(12)6-13)8-2-4-9(11)5-3-8/h2-5H,1H3/b10-7+. The minimum atomic E-state index is 0.238. The molecular formula is C10H7BrClN.